The van der Waals surface area contributed by atoms with Crippen LogP contribution >= 0.6 is 0 Å². The van der Waals surface area contributed by atoms with Crippen molar-refractivity contribution in [3.05, 3.63) is 12.0 Å². The number of esters is 1. The fourth-order valence-corrected chi connectivity index (χ4v) is 3.85. The Labute approximate surface area is 118 Å². The highest BCUT2D eigenvalue weighted by Crippen LogP contribution is 2.23. The van der Waals surface area contributed by atoms with Gasteiger partial charge in [-0.2, -0.15) is 4.31 Å². The van der Waals surface area contributed by atoms with Crippen molar-refractivity contribution in [2.24, 2.45) is 13.0 Å². The zero-order chi connectivity index (χ0) is 14.9. The standard InChI is InChI=1S/C12H19N3O4S/c1-9-13-11(8-14(9)2)20(17,18)15-6-4-5-10(7-15)12(16)19-3/h8,10H,4-7H2,1-3H3. The third-order valence-electron chi connectivity index (χ3n) is 3.61. The van der Waals surface area contributed by atoms with E-state index in [0.29, 0.717) is 25.2 Å². The van der Waals surface area contributed by atoms with E-state index in [2.05, 4.69) is 4.98 Å². The molecule has 0 radical (unpaired) electrons. The molecule has 0 spiro atoms. The van der Waals surface area contributed by atoms with Crippen LogP contribution < -0.4 is 0 Å². The lowest BCUT2D eigenvalue weighted by molar-refractivity contribution is -0.146. The lowest BCUT2D eigenvalue weighted by atomic mass is 10.0. The number of carbonyl (C=O) groups is 1. The summed E-state index contributed by atoms with van der Waals surface area (Å²) in [6.45, 7) is 2.31. The van der Waals surface area contributed by atoms with Gasteiger partial charge in [-0.1, -0.05) is 0 Å². The van der Waals surface area contributed by atoms with Crippen molar-refractivity contribution < 1.29 is 17.9 Å². The monoisotopic (exact) mass is 301 g/mol. The molecule has 1 aromatic heterocycles. The van der Waals surface area contributed by atoms with Gasteiger partial charge in [0.1, 0.15) is 5.82 Å². The predicted octanol–water partition coefficient (Wildman–Crippen LogP) is 0.302. The number of hydrogen-bond acceptors (Lipinski definition) is 5. The summed E-state index contributed by atoms with van der Waals surface area (Å²) in [4.78, 5) is 15.6. The molecule has 1 aliphatic rings. The molecule has 0 saturated carbocycles. The molecule has 1 aliphatic heterocycles. The summed E-state index contributed by atoms with van der Waals surface area (Å²) in [5.41, 5.74) is 0. The maximum atomic E-state index is 12.5. The molecule has 1 unspecified atom stereocenters. The number of methoxy groups -OCH3 is 1. The lowest BCUT2D eigenvalue weighted by Gasteiger charge is -2.29. The Morgan fingerprint density at radius 1 is 1.50 bits per heavy atom. The van der Waals surface area contributed by atoms with Crippen LogP contribution in [0, 0.1) is 12.8 Å². The quantitative estimate of drug-likeness (QED) is 0.750. The first-order valence-corrected chi connectivity index (χ1v) is 7.88. The molecule has 1 atom stereocenters. The van der Waals surface area contributed by atoms with E-state index in [9.17, 15) is 13.2 Å². The topological polar surface area (TPSA) is 81.5 Å². The van der Waals surface area contributed by atoms with Gasteiger partial charge in [0.25, 0.3) is 10.0 Å². The Hall–Kier alpha value is -1.41. The highest BCUT2D eigenvalue weighted by Gasteiger charge is 2.35. The number of hydrogen-bond donors (Lipinski definition) is 0. The zero-order valence-electron chi connectivity index (χ0n) is 11.9. The lowest BCUT2D eigenvalue weighted by Crippen LogP contribution is -2.42. The van der Waals surface area contributed by atoms with Gasteiger partial charge in [-0.15, -0.1) is 0 Å². The van der Waals surface area contributed by atoms with E-state index in [0.717, 1.165) is 0 Å². The van der Waals surface area contributed by atoms with Crippen LogP contribution in [0.3, 0.4) is 0 Å². The predicted molar refractivity (Wildman–Crippen MR) is 71.4 cm³/mol. The highest BCUT2D eigenvalue weighted by molar-refractivity contribution is 7.89. The minimum atomic E-state index is -3.64. The van der Waals surface area contributed by atoms with Gasteiger partial charge in [-0.05, 0) is 19.8 Å². The van der Waals surface area contributed by atoms with Crippen molar-refractivity contribution in [2.45, 2.75) is 24.8 Å². The Bertz CT molecular complexity index is 589. The van der Waals surface area contributed by atoms with Crippen LogP contribution in [0.25, 0.3) is 0 Å². The van der Waals surface area contributed by atoms with Crippen LogP contribution in [0.15, 0.2) is 11.2 Å². The zero-order valence-corrected chi connectivity index (χ0v) is 12.7. The smallest absolute Gasteiger partial charge is 0.309 e. The van der Waals surface area contributed by atoms with E-state index in [1.165, 1.54) is 17.6 Å². The number of sulfonamides is 1. The van der Waals surface area contributed by atoms with Crippen LogP contribution in [-0.2, 0) is 26.6 Å². The number of piperidine rings is 1. The van der Waals surface area contributed by atoms with Gasteiger partial charge in [0.15, 0.2) is 5.03 Å². The Morgan fingerprint density at radius 3 is 2.75 bits per heavy atom. The average Bonchev–Trinajstić information content (AvgIpc) is 2.78. The molecule has 7 nitrogen and oxygen atoms in total. The molecule has 0 amide bonds. The molecule has 1 aromatic rings. The van der Waals surface area contributed by atoms with Crippen molar-refractivity contribution in [3.63, 3.8) is 0 Å². The van der Waals surface area contributed by atoms with Crippen molar-refractivity contribution >= 4 is 16.0 Å². The van der Waals surface area contributed by atoms with E-state index in [-0.39, 0.29) is 17.5 Å². The van der Waals surface area contributed by atoms with Crippen molar-refractivity contribution in [2.75, 3.05) is 20.2 Å². The Kier molecular flexibility index (Phi) is 4.14. The van der Waals surface area contributed by atoms with Crippen molar-refractivity contribution in [1.82, 2.24) is 13.9 Å². The Morgan fingerprint density at radius 2 is 2.20 bits per heavy atom. The fourth-order valence-electron chi connectivity index (χ4n) is 2.30. The number of nitrogens with zero attached hydrogens (tertiary/aromatic N) is 3. The first-order chi connectivity index (χ1) is 9.36. The molecule has 0 aromatic carbocycles. The molecule has 0 aliphatic carbocycles. The van der Waals surface area contributed by atoms with E-state index in [1.807, 2.05) is 0 Å². The molecule has 1 saturated heterocycles. The fraction of sp³-hybridized carbons (Fsp3) is 0.667. The van der Waals surface area contributed by atoms with Crippen LogP contribution in [0.1, 0.15) is 18.7 Å². The number of rotatable bonds is 3. The van der Waals surface area contributed by atoms with E-state index in [4.69, 9.17) is 4.74 Å². The number of ether oxygens (including phenoxy) is 1. The maximum Gasteiger partial charge on any atom is 0.309 e. The molecule has 2 rings (SSSR count). The summed E-state index contributed by atoms with van der Waals surface area (Å²) in [5.74, 6) is -0.125. The van der Waals surface area contributed by atoms with Crippen LogP contribution in [0.2, 0.25) is 0 Å². The first kappa shape index (κ1) is 15.0. The van der Waals surface area contributed by atoms with Gasteiger partial charge in [0.05, 0.1) is 13.0 Å². The summed E-state index contributed by atoms with van der Waals surface area (Å²) >= 11 is 0. The molecular formula is C12H19N3O4S. The van der Waals surface area contributed by atoms with Crippen molar-refractivity contribution in [1.29, 1.82) is 0 Å². The minimum absolute atomic E-state index is 0.0306. The number of aromatic nitrogens is 2. The van der Waals surface area contributed by atoms with E-state index < -0.39 is 15.9 Å². The van der Waals surface area contributed by atoms with Gasteiger partial charge in [-0.25, -0.2) is 13.4 Å². The van der Waals surface area contributed by atoms with Crippen LogP contribution in [0.5, 0.6) is 0 Å². The molecule has 1 fully saturated rings. The molecule has 112 valence electrons. The van der Waals surface area contributed by atoms with Crippen molar-refractivity contribution in [3.8, 4) is 0 Å². The number of imidazole rings is 1. The third-order valence-corrected chi connectivity index (χ3v) is 5.35. The first-order valence-electron chi connectivity index (χ1n) is 6.44. The SMILES string of the molecule is COC(=O)C1CCCN(S(=O)(=O)c2cn(C)c(C)n2)C1. The number of aryl methyl sites for hydroxylation is 2. The summed E-state index contributed by atoms with van der Waals surface area (Å²) in [6.07, 6.45) is 2.79. The summed E-state index contributed by atoms with van der Waals surface area (Å²) < 4.78 is 32.7. The van der Waals surface area contributed by atoms with E-state index in [1.54, 1.807) is 18.5 Å². The summed E-state index contributed by atoms with van der Waals surface area (Å²) in [7, 11) is -0.583. The molecule has 20 heavy (non-hydrogen) atoms. The minimum Gasteiger partial charge on any atom is -0.469 e. The van der Waals surface area contributed by atoms with Crippen LogP contribution in [-0.4, -0.2) is 48.4 Å². The normalized spacial score (nSPS) is 20.9. The van der Waals surface area contributed by atoms with Gasteiger partial charge < -0.3 is 9.30 Å². The van der Waals surface area contributed by atoms with Gasteiger partial charge >= 0.3 is 5.97 Å². The second kappa shape index (κ2) is 5.53. The van der Waals surface area contributed by atoms with Gasteiger partial charge in [-0.3, -0.25) is 4.79 Å². The molecular weight excluding hydrogens is 282 g/mol. The highest BCUT2D eigenvalue weighted by atomic mass is 32.2. The van der Waals surface area contributed by atoms with Gasteiger partial charge in [0.2, 0.25) is 0 Å². The van der Waals surface area contributed by atoms with Crippen LogP contribution in [0.4, 0.5) is 0 Å². The molecule has 8 heteroatoms. The average molecular weight is 301 g/mol. The molecule has 0 bridgehead atoms. The maximum absolute atomic E-state index is 12.5. The summed E-state index contributed by atoms with van der Waals surface area (Å²) in [5, 5.41) is 0.0306. The second-order valence-corrected chi connectivity index (χ2v) is 6.85. The third kappa shape index (κ3) is 2.71. The number of carbonyl (C=O) groups excluding carboxylic acids is 1. The molecule has 2 heterocycles. The second-order valence-electron chi connectivity index (χ2n) is 4.96. The largest absolute Gasteiger partial charge is 0.469 e. The summed E-state index contributed by atoms with van der Waals surface area (Å²) in [6, 6.07) is 0. The Balaban J connectivity index is 2.23. The molecule has 0 N–H and O–H groups in total. The van der Waals surface area contributed by atoms with Gasteiger partial charge in [0, 0.05) is 26.3 Å². The van der Waals surface area contributed by atoms with E-state index >= 15 is 0 Å².